The number of hydrogen-bond donors (Lipinski definition) is 2. The number of nitrogens with two attached hydrogens (primary N) is 1. The number of ether oxygens (including phenoxy) is 1. The van der Waals surface area contributed by atoms with Crippen LogP contribution in [0.25, 0.3) is 0 Å². The van der Waals surface area contributed by atoms with Gasteiger partial charge in [0.25, 0.3) is 5.91 Å². The molecule has 0 aromatic heterocycles. The van der Waals surface area contributed by atoms with Crippen LogP contribution >= 0.6 is 11.8 Å². The lowest BCUT2D eigenvalue weighted by Crippen LogP contribution is -2.26. The van der Waals surface area contributed by atoms with Gasteiger partial charge in [-0.1, -0.05) is 6.08 Å². The van der Waals surface area contributed by atoms with Crippen molar-refractivity contribution >= 4 is 23.4 Å². The molecular weight excluding hydrogens is 248 g/mol. The number of anilines is 1. The lowest BCUT2D eigenvalue weighted by atomic mass is 10.1. The van der Waals surface area contributed by atoms with Crippen LogP contribution < -0.4 is 15.8 Å². The Kier molecular flexibility index (Phi) is 6.14. The van der Waals surface area contributed by atoms with Gasteiger partial charge < -0.3 is 15.8 Å². The molecule has 0 aliphatic carbocycles. The second-order valence-corrected chi connectivity index (χ2v) is 4.72. The zero-order valence-corrected chi connectivity index (χ0v) is 11.3. The number of methoxy groups -OCH3 is 1. The van der Waals surface area contributed by atoms with Crippen LogP contribution in [0.1, 0.15) is 10.4 Å². The first-order chi connectivity index (χ1) is 8.69. The van der Waals surface area contributed by atoms with Crippen molar-refractivity contribution in [3.05, 3.63) is 36.4 Å². The quantitative estimate of drug-likeness (QED) is 0.449. The molecule has 4 nitrogen and oxygen atoms in total. The van der Waals surface area contributed by atoms with E-state index in [1.807, 2.05) is 6.08 Å². The fourth-order valence-corrected chi connectivity index (χ4v) is 1.95. The summed E-state index contributed by atoms with van der Waals surface area (Å²) in [5.41, 5.74) is 6.69. The van der Waals surface area contributed by atoms with Crippen LogP contribution in [0, 0.1) is 0 Å². The summed E-state index contributed by atoms with van der Waals surface area (Å²) in [6, 6.07) is 5.03. The summed E-state index contributed by atoms with van der Waals surface area (Å²) in [4.78, 5) is 11.8. The van der Waals surface area contributed by atoms with E-state index in [4.69, 9.17) is 10.5 Å². The van der Waals surface area contributed by atoms with Gasteiger partial charge in [-0.2, -0.15) is 11.8 Å². The number of carbonyl (C=O) groups is 1. The third-order valence-electron chi connectivity index (χ3n) is 2.27. The molecule has 0 radical (unpaired) electrons. The first-order valence-electron chi connectivity index (χ1n) is 5.59. The summed E-state index contributed by atoms with van der Waals surface area (Å²) < 4.78 is 5.03. The Hall–Kier alpha value is -1.62. The molecule has 1 rings (SSSR count). The molecule has 0 heterocycles. The highest BCUT2D eigenvalue weighted by Crippen LogP contribution is 2.19. The molecule has 3 N–H and O–H groups in total. The largest absolute Gasteiger partial charge is 0.497 e. The first kappa shape index (κ1) is 14.4. The van der Waals surface area contributed by atoms with Gasteiger partial charge in [0.1, 0.15) is 5.75 Å². The van der Waals surface area contributed by atoms with E-state index in [1.165, 1.54) is 0 Å². The fourth-order valence-electron chi connectivity index (χ4n) is 1.37. The molecule has 5 heteroatoms. The van der Waals surface area contributed by atoms with Crippen molar-refractivity contribution in [2.75, 3.05) is 30.9 Å². The van der Waals surface area contributed by atoms with Gasteiger partial charge in [-0.25, -0.2) is 0 Å². The van der Waals surface area contributed by atoms with E-state index in [9.17, 15) is 4.79 Å². The smallest absolute Gasteiger partial charge is 0.253 e. The van der Waals surface area contributed by atoms with Gasteiger partial charge in [0.05, 0.1) is 12.7 Å². The van der Waals surface area contributed by atoms with Gasteiger partial charge >= 0.3 is 0 Å². The monoisotopic (exact) mass is 266 g/mol. The Labute approximate surface area is 112 Å². The van der Waals surface area contributed by atoms with E-state index in [0.717, 1.165) is 11.5 Å². The summed E-state index contributed by atoms with van der Waals surface area (Å²) in [5.74, 6) is 2.23. The van der Waals surface area contributed by atoms with Crippen molar-refractivity contribution in [1.82, 2.24) is 5.32 Å². The van der Waals surface area contributed by atoms with Crippen molar-refractivity contribution in [2.24, 2.45) is 0 Å². The minimum absolute atomic E-state index is 0.158. The van der Waals surface area contributed by atoms with Gasteiger partial charge in [0, 0.05) is 29.8 Å². The van der Waals surface area contributed by atoms with E-state index in [2.05, 4.69) is 11.9 Å². The Morgan fingerprint density at radius 2 is 2.39 bits per heavy atom. The van der Waals surface area contributed by atoms with Crippen LogP contribution in [0.3, 0.4) is 0 Å². The van der Waals surface area contributed by atoms with Gasteiger partial charge in [-0.3, -0.25) is 4.79 Å². The van der Waals surface area contributed by atoms with E-state index < -0.39 is 0 Å². The molecule has 0 spiro atoms. The topological polar surface area (TPSA) is 64.3 Å². The van der Waals surface area contributed by atoms with Crippen LogP contribution in [0.5, 0.6) is 5.75 Å². The molecule has 98 valence electrons. The zero-order chi connectivity index (χ0) is 13.4. The number of thioether (sulfide) groups is 1. The second kappa shape index (κ2) is 7.66. The summed E-state index contributed by atoms with van der Waals surface area (Å²) in [6.07, 6.45) is 1.84. The molecule has 0 aliphatic rings. The van der Waals surface area contributed by atoms with Crippen molar-refractivity contribution in [2.45, 2.75) is 0 Å². The van der Waals surface area contributed by atoms with Gasteiger partial charge in [0.15, 0.2) is 0 Å². The highest BCUT2D eigenvalue weighted by atomic mass is 32.2. The van der Waals surface area contributed by atoms with Crippen LogP contribution in [-0.2, 0) is 0 Å². The first-order valence-corrected chi connectivity index (χ1v) is 6.75. The van der Waals surface area contributed by atoms with Crippen molar-refractivity contribution in [3.63, 3.8) is 0 Å². The Balaban J connectivity index is 2.48. The maximum atomic E-state index is 11.8. The van der Waals surface area contributed by atoms with E-state index in [1.54, 1.807) is 37.1 Å². The van der Waals surface area contributed by atoms with Crippen LogP contribution in [-0.4, -0.2) is 31.1 Å². The third-order valence-corrected chi connectivity index (χ3v) is 3.24. The molecule has 0 saturated carbocycles. The van der Waals surface area contributed by atoms with Gasteiger partial charge in [-0.05, 0) is 12.1 Å². The molecule has 0 atom stereocenters. The molecule has 0 saturated heterocycles. The number of hydrogen-bond acceptors (Lipinski definition) is 4. The fraction of sp³-hybridized carbons (Fsp3) is 0.308. The number of carbonyl (C=O) groups excluding carboxylic acids is 1. The predicted molar refractivity (Wildman–Crippen MR) is 77.3 cm³/mol. The number of nitrogens with one attached hydrogen (secondary N) is 1. The minimum Gasteiger partial charge on any atom is -0.497 e. The molecule has 0 aliphatic heterocycles. The Morgan fingerprint density at radius 3 is 3.00 bits per heavy atom. The van der Waals surface area contributed by atoms with Gasteiger partial charge in [-0.15, -0.1) is 6.58 Å². The van der Waals surface area contributed by atoms with Crippen molar-refractivity contribution in [3.8, 4) is 5.75 Å². The summed E-state index contributed by atoms with van der Waals surface area (Å²) in [6.45, 7) is 4.25. The highest BCUT2D eigenvalue weighted by molar-refractivity contribution is 7.99. The Morgan fingerprint density at radius 1 is 1.61 bits per heavy atom. The second-order valence-electron chi connectivity index (χ2n) is 3.57. The summed E-state index contributed by atoms with van der Waals surface area (Å²) in [5, 5.41) is 2.82. The standard InChI is InChI=1S/C13H18N2O2S/c1-3-7-18-8-6-15-13(16)11-5-4-10(17-2)9-12(11)14/h3-5,9H,1,6-8,14H2,2H3,(H,15,16). The normalized spacial score (nSPS) is 9.83. The maximum Gasteiger partial charge on any atom is 0.253 e. The van der Waals surface area contributed by atoms with E-state index in [0.29, 0.717) is 23.5 Å². The lowest BCUT2D eigenvalue weighted by molar-refractivity contribution is 0.0957. The maximum absolute atomic E-state index is 11.8. The van der Waals surface area contributed by atoms with Crippen LogP contribution in [0.2, 0.25) is 0 Å². The number of benzene rings is 1. The van der Waals surface area contributed by atoms with Crippen LogP contribution in [0.15, 0.2) is 30.9 Å². The summed E-state index contributed by atoms with van der Waals surface area (Å²) >= 11 is 1.72. The molecular formula is C13H18N2O2S. The van der Waals surface area contributed by atoms with Gasteiger partial charge in [0.2, 0.25) is 0 Å². The van der Waals surface area contributed by atoms with Crippen molar-refractivity contribution < 1.29 is 9.53 Å². The van der Waals surface area contributed by atoms with E-state index in [-0.39, 0.29) is 5.91 Å². The Bertz CT molecular complexity index is 421. The SMILES string of the molecule is C=CCSCCNC(=O)c1ccc(OC)cc1N. The highest BCUT2D eigenvalue weighted by Gasteiger charge is 2.09. The number of rotatable bonds is 7. The molecule has 0 fully saturated rings. The molecule has 1 aromatic rings. The summed E-state index contributed by atoms with van der Waals surface area (Å²) in [7, 11) is 1.56. The average Bonchev–Trinajstić information content (AvgIpc) is 2.38. The molecule has 0 unspecified atom stereocenters. The molecule has 0 bridgehead atoms. The number of nitrogen functional groups attached to an aromatic ring is 1. The zero-order valence-electron chi connectivity index (χ0n) is 10.4. The van der Waals surface area contributed by atoms with Crippen LogP contribution in [0.4, 0.5) is 5.69 Å². The average molecular weight is 266 g/mol. The van der Waals surface area contributed by atoms with Crippen molar-refractivity contribution in [1.29, 1.82) is 0 Å². The lowest BCUT2D eigenvalue weighted by Gasteiger charge is -2.08. The molecule has 1 aromatic carbocycles. The van der Waals surface area contributed by atoms with E-state index >= 15 is 0 Å². The predicted octanol–water partition coefficient (Wildman–Crippen LogP) is 1.93. The molecule has 18 heavy (non-hydrogen) atoms. The molecule has 1 amide bonds. The third kappa shape index (κ3) is 4.33. The minimum atomic E-state index is -0.158. The number of amides is 1.